The van der Waals surface area contributed by atoms with Gasteiger partial charge < -0.3 is 4.79 Å². The first-order valence-corrected chi connectivity index (χ1v) is 4.93. The number of Topliss-reactive ketones (excluding diaryl/α,β-unsaturated/α-hetero) is 1. The van der Waals surface area contributed by atoms with Crippen molar-refractivity contribution in [3.05, 3.63) is 12.2 Å². The topological polar surface area (TPSA) is 17.1 Å². The first-order chi connectivity index (χ1) is 5.75. The van der Waals surface area contributed by atoms with E-state index in [4.69, 9.17) is 0 Å². The molecular weight excluding hydrogens is 148 g/mol. The third kappa shape index (κ3) is 1.45. The van der Waals surface area contributed by atoms with Crippen LogP contribution < -0.4 is 0 Å². The van der Waals surface area contributed by atoms with E-state index < -0.39 is 0 Å². The Morgan fingerprint density at radius 2 is 2.25 bits per heavy atom. The Hall–Kier alpha value is -0.590. The van der Waals surface area contributed by atoms with Gasteiger partial charge in [-0.25, -0.2) is 0 Å². The molecule has 1 saturated carbocycles. The summed E-state index contributed by atoms with van der Waals surface area (Å²) in [5.74, 6) is 2.55. The van der Waals surface area contributed by atoms with Crippen LogP contribution in [-0.4, -0.2) is 5.78 Å². The molecule has 0 saturated heterocycles. The molecule has 0 heterocycles. The number of hydrogen-bond donors (Lipinski definition) is 0. The lowest BCUT2D eigenvalue weighted by atomic mass is 9.68. The van der Waals surface area contributed by atoms with E-state index in [1.807, 2.05) is 0 Å². The minimum atomic E-state index is 0.362. The van der Waals surface area contributed by atoms with Crippen molar-refractivity contribution in [2.45, 2.75) is 32.6 Å². The molecular formula is C11H16O. The Kier molecular flexibility index (Phi) is 2.03. The average molecular weight is 164 g/mol. The van der Waals surface area contributed by atoms with Crippen LogP contribution >= 0.6 is 0 Å². The molecule has 3 aliphatic rings. The van der Waals surface area contributed by atoms with Gasteiger partial charge in [0, 0.05) is 6.42 Å². The molecule has 0 aromatic heterocycles. The molecule has 0 radical (unpaired) electrons. The van der Waals surface area contributed by atoms with Gasteiger partial charge in [-0.1, -0.05) is 12.2 Å². The Balaban J connectivity index is 2.01. The molecule has 3 atom stereocenters. The van der Waals surface area contributed by atoms with Crippen molar-refractivity contribution in [3.8, 4) is 0 Å². The van der Waals surface area contributed by atoms with Crippen LogP contribution in [0.2, 0.25) is 0 Å². The molecule has 2 bridgehead atoms. The number of hydrogen-bond acceptors (Lipinski definition) is 1. The SMILES string of the molecule is CC(=O)CC1CC2C=CC1CC2. The first kappa shape index (κ1) is 8.03. The summed E-state index contributed by atoms with van der Waals surface area (Å²) in [4.78, 5) is 11.0. The maximum absolute atomic E-state index is 11.0. The molecule has 0 aliphatic heterocycles. The lowest BCUT2D eigenvalue weighted by Gasteiger charge is -2.37. The van der Waals surface area contributed by atoms with Crippen LogP contribution in [0.15, 0.2) is 12.2 Å². The number of carbonyl (C=O) groups excluding carboxylic acids is 1. The molecule has 1 heteroatoms. The summed E-state index contributed by atoms with van der Waals surface area (Å²) in [6, 6.07) is 0. The second-order valence-electron chi connectivity index (χ2n) is 4.29. The molecule has 0 aromatic rings. The second-order valence-corrected chi connectivity index (χ2v) is 4.29. The zero-order valence-corrected chi connectivity index (χ0v) is 7.62. The smallest absolute Gasteiger partial charge is 0.130 e. The highest BCUT2D eigenvalue weighted by atomic mass is 16.1. The van der Waals surface area contributed by atoms with Gasteiger partial charge >= 0.3 is 0 Å². The van der Waals surface area contributed by atoms with E-state index in [9.17, 15) is 4.79 Å². The van der Waals surface area contributed by atoms with Gasteiger partial charge in [-0.2, -0.15) is 0 Å². The van der Waals surface area contributed by atoms with Crippen molar-refractivity contribution in [3.63, 3.8) is 0 Å². The minimum absolute atomic E-state index is 0.362. The molecule has 66 valence electrons. The third-order valence-corrected chi connectivity index (χ3v) is 3.26. The number of carbonyl (C=O) groups is 1. The molecule has 1 fully saturated rings. The standard InChI is InChI=1S/C11H16O/c1-8(12)6-11-7-9-2-4-10(11)5-3-9/h2,4,9-11H,3,5-7H2,1H3. The second kappa shape index (κ2) is 3.04. The first-order valence-electron chi connectivity index (χ1n) is 4.93. The fourth-order valence-electron chi connectivity index (χ4n) is 2.66. The number of rotatable bonds is 2. The Morgan fingerprint density at radius 3 is 2.67 bits per heavy atom. The lowest BCUT2D eigenvalue weighted by Crippen LogP contribution is -2.28. The van der Waals surface area contributed by atoms with Crippen LogP contribution in [0.3, 0.4) is 0 Å². The van der Waals surface area contributed by atoms with Crippen LogP contribution in [-0.2, 0) is 4.79 Å². The van der Waals surface area contributed by atoms with Gasteiger partial charge in [0.2, 0.25) is 0 Å². The van der Waals surface area contributed by atoms with E-state index in [0.717, 1.165) is 18.3 Å². The maximum atomic E-state index is 11.0. The van der Waals surface area contributed by atoms with Gasteiger partial charge in [-0.15, -0.1) is 0 Å². The van der Waals surface area contributed by atoms with Gasteiger partial charge in [-0.3, -0.25) is 0 Å². The van der Waals surface area contributed by atoms with Gasteiger partial charge in [0.05, 0.1) is 0 Å². The average Bonchev–Trinajstić information content (AvgIpc) is 2.05. The zero-order valence-electron chi connectivity index (χ0n) is 7.62. The lowest BCUT2D eigenvalue weighted by molar-refractivity contribution is -0.118. The van der Waals surface area contributed by atoms with Crippen molar-refractivity contribution in [1.29, 1.82) is 0 Å². The Morgan fingerprint density at radius 1 is 1.42 bits per heavy atom. The summed E-state index contributed by atoms with van der Waals surface area (Å²) >= 11 is 0. The van der Waals surface area contributed by atoms with Crippen molar-refractivity contribution < 1.29 is 4.79 Å². The Bertz CT molecular complexity index is 217. The van der Waals surface area contributed by atoms with Gasteiger partial charge in [0.15, 0.2) is 0 Å². The summed E-state index contributed by atoms with van der Waals surface area (Å²) < 4.78 is 0. The van der Waals surface area contributed by atoms with E-state index in [-0.39, 0.29) is 0 Å². The van der Waals surface area contributed by atoms with Crippen molar-refractivity contribution in [2.75, 3.05) is 0 Å². The number of fused-ring (bicyclic) bond motifs is 2. The van der Waals surface area contributed by atoms with E-state index in [2.05, 4.69) is 12.2 Å². The fraction of sp³-hybridized carbons (Fsp3) is 0.727. The summed E-state index contributed by atoms with van der Waals surface area (Å²) in [6.07, 6.45) is 9.44. The van der Waals surface area contributed by atoms with Crippen LogP contribution in [0.25, 0.3) is 0 Å². The van der Waals surface area contributed by atoms with Gasteiger partial charge in [0.1, 0.15) is 5.78 Å². The normalized spacial score (nSPS) is 38.6. The molecule has 0 spiro atoms. The van der Waals surface area contributed by atoms with Crippen molar-refractivity contribution in [2.24, 2.45) is 17.8 Å². The van der Waals surface area contributed by atoms with E-state index in [1.165, 1.54) is 19.3 Å². The van der Waals surface area contributed by atoms with Crippen LogP contribution in [0, 0.1) is 17.8 Å². The quantitative estimate of drug-likeness (QED) is 0.573. The summed E-state index contributed by atoms with van der Waals surface area (Å²) in [7, 11) is 0. The number of allylic oxidation sites excluding steroid dienone is 2. The maximum Gasteiger partial charge on any atom is 0.130 e. The largest absolute Gasteiger partial charge is 0.300 e. The predicted molar refractivity (Wildman–Crippen MR) is 48.8 cm³/mol. The molecule has 12 heavy (non-hydrogen) atoms. The van der Waals surface area contributed by atoms with Crippen molar-refractivity contribution in [1.82, 2.24) is 0 Å². The molecule has 0 amide bonds. The fourth-order valence-corrected chi connectivity index (χ4v) is 2.66. The summed E-state index contributed by atoms with van der Waals surface area (Å²) in [6.45, 7) is 1.71. The molecule has 3 unspecified atom stereocenters. The molecule has 3 aliphatic carbocycles. The number of ketones is 1. The van der Waals surface area contributed by atoms with Crippen LogP contribution in [0.4, 0.5) is 0 Å². The highest BCUT2D eigenvalue weighted by Crippen LogP contribution is 2.41. The molecule has 3 rings (SSSR count). The van der Waals surface area contributed by atoms with E-state index in [0.29, 0.717) is 11.7 Å². The minimum Gasteiger partial charge on any atom is -0.300 e. The van der Waals surface area contributed by atoms with Crippen molar-refractivity contribution >= 4 is 5.78 Å². The predicted octanol–water partition coefficient (Wildman–Crippen LogP) is 2.57. The van der Waals surface area contributed by atoms with E-state index in [1.54, 1.807) is 6.92 Å². The third-order valence-electron chi connectivity index (χ3n) is 3.26. The van der Waals surface area contributed by atoms with Gasteiger partial charge in [0.25, 0.3) is 0 Å². The van der Waals surface area contributed by atoms with Crippen LogP contribution in [0.1, 0.15) is 32.6 Å². The van der Waals surface area contributed by atoms with Gasteiger partial charge in [-0.05, 0) is 43.9 Å². The highest BCUT2D eigenvalue weighted by Gasteiger charge is 2.31. The molecule has 0 aromatic carbocycles. The zero-order chi connectivity index (χ0) is 8.55. The monoisotopic (exact) mass is 164 g/mol. The summed E-state index contributed by atoms with van der Waals surface area (Å²) in [5, 5.41) is 0. The molecule has 1 nitrogen and oxygen atoms in total. The van der Waals surface area contributed by atoms with E-state index >= 15 is 0 Å². The molecule has 0 N–H and O–H groups in total. The highest BCUT2D eigenvalue weighted by molar-refractivity contribution is 5.75. The summed E-state index contributed by atoms with van der Waals surface area (Å²) in [5.41, 5.74) is 0. The van der Waals surface area contributed by atoms with Crippen LogP contribution in [0.5, 0.6) is 0 Å². The Labute approximate surface area is 73.8 Å².